The molecule has 9 nitrogen and oxygen atoms in total. The lowest BCUT2D eigenvalue weighted by molar-refractivity contribution is 0.0443. The van der Waals surface area contributed by atoms with Crippen LogP contribution < -0.4 is 10.2 Å². The van der Waals surface area contributed by atoms with Crippen molar-refractivity contribution in [2.24, 2.45) is 0 Å². The molecule has 2 heterocycles. The standard InChI is InChI=1S/C30H16N2O7/c33-25(17-8-13-22-24(14-17)30(38)39-29(22)37)16-6-10-19(11-7-16)31-26(34)18-9-12-21-23(15-18)28(36)32(27(21)35)20-4-2-1-3-5-20/h1-15H,(H,31,34). The maximum absolute atomic E-state index is 13.0. The molecule has 39 heavy (non-hydrogen) atoms. The van der Waals surface area contributed by atoms with E-state index in [1.807, 2.05) is 0 Å². The zero-order valence-electron chi connectivity index (χ0n) is 20.0. The molecular formula is C30H16N2O7. The Morgan fingerprint density at radius 3 is 1.92 bits per heavy atom. The Bertz CT molecular complexity index is 1760. The molecule has 0 saturated heterocycles. The van der Waals surface area contributed by atoms with Gasteiger partial charge in [0.05, 0.1) is 27.9 Å². The number of nitrogens with one attached hydrogen (secondary N) is 1. The third-order valence-corrected chi connectivity index (χ3v) is 6.48. The molecule has 4 aromatic rings. The minimum atomic E-state index is -0.798. The molecule has 0 bridgehead atoms. The van der Waals surface area contributed by atoms with E-state index in [1.165, 1.54) is 60.7 Å². The van der Waals surface area contributed by atoms with E-state index in [4.69, 9.17) is 0 Å². The summed E-state index contributed by atoms with van der Waals surface area (Å²) in [4.78, 5) is 76.0. The average Bonchev–Trinajstić information content (AvgIpc) is 3.39. The zero-order chi connectivity index (χ0) is 27.3. The topological polar surface area (TPSA) is 127 Å². The van der Waals surface area contributed by atoms with Gasteiger partial charge in [-0.1, -0.05) is 24.3 Å². The second-order valence-corrected chi connectivity index (χ2v) is 8.84. The molecule has 0 unspecified atom stereocenters. The number of anilines is 2. The molecule has 0 aliphatic carbocycles. The summed E-state index contributed by atoms with van der Waals surface area (Å²) in [7, 11) is 0. The van der Waals surface area contributed by atoms with Crippen LogP contribution in [0.1, 0.15) is 67.7 Å². The number of nitrogens with zero attached hydrogens (tertiary/aromatic N) is 1. The molecule has 188 valence electrons. The number of benzene rings is 4. The number of ether oxygens (including phenoxy) is 1. The van der Waals surface area contributed by atoms with E-state index in [2.05, 4.69) is 10.1 Å². The molecule has 0 radical (unpaired) electrons. The van der Waals surface area contributed by atoms with Crippen molar-refractivity contribution in [1.29, 1.82) is 0 Å². The minimum absolute atomic E-state index is 0.0381. The van der Waals surface area contributed by atoms with E-state index in [9.17, 15) is 28.8 Å². The fourth-order valence-corrected chi connectivity index (χ4v) is 4.50. The summed E-state index contributed by atoms with van der Waals surface area (Å²) in [6.07, 6.45) is 0. The van der Waals surface area contributed by atoms with Gasteiger partial charge in [0.1, 0.15) is 0 Å². The molecule has 0 fully saturated rings. The fraction of sp³-hybridized carbons (Fsp3) is 0. The first-order chi connectivity index (χ1) is 18.8. The molecule has 6 rings (SSSR count). The van der Waals surface area contributed by atoms with E-state index in [1.54, 1.807) is 30.3 Å². The van der Waals surface area contributed by atoms with Crippen LogP contribution in [-0.2, 0) is 4.74 Å². The van der Waals surface area contributed by atoms with Crippen LogP contribution in [0.15, 0.2) is 91.0 Å². The monoisotopic (exact) mass is 516 g/mol. The SMILES string of the molecule is O=C(Nc1ccc(C(=O)c2ccc3c(c2)C(=O)OC3=O)cc1)c1ccc2c(c1)C(=O)N(c1ccccc1)C2=O. The number of ketones is 1. The highest BCUT2D eigenvalue weighted by Crippen LogP contribution is 2.29. The van der Waals surface area contributed by atoms with Gasteiger partial charge in [-0.05, 0) is 66.7 Å². The first-order valence-electron chi connectivity index (χ1n) is 11.8. The molecule has 0 aromatic heterocycles. The van der Waals surface area contributed by atoms with Crippen molar-refractivity contribution in [3.05, 3.63) is 130 Å². The van der Waals surface area contributed by atoms with Crippen molar-refractivity contribution < 1.29 is 33.5 Å². The maximum atomic E-state index is 13.0. The molecule has 3 amide bonds. The predicted octanol–water partition coefficient (Wildman–Crippen LogP) is 4.28. The van der Waals surface area contributed by atoms with Crippen molar-refractivity contribution >= 4 is 46.8 Å². The first-order valence-corrected chi connectivity index (χ1v) is 11.8. The number of hydrogen-bond acceptors (Lipinski definition) is 7. The third kappa shape index (κ3) is 3.98. The smallest absolute Gasteiger partial charge is 0.346 e. The van der Waals surface area contributed by atoms with Crippen LogP contribution in [-0.4, -0.2) is 35.4 Å². The minimum Gasteiger partial charge on any atom is -0.386 e. The number of carbonyl (C=O) groups excluding carboxylic acids is 6. The van der Waals surface area contributed by atoms with Gasteiger partial charge in [-0.3, -0.25) is 19.2 Å². The molecule has 1 N–H and O–H groups in total. The number of rotatable bonds is 5. The van der Waals surface area contributed by atoms with Crippen LogP contribution >= 0.6 is 0 Å². The van der Waals surface area contributed by atoms with Gasteiger partial charge in [0.15, 0.2) is 5.78 Å². The quantitative estimate of drug-likeness (QED) is 0.182. The van der Waals surface area contributed by atoms with E-state index < -0.39 is 29.7 Å². The summed E-state index contributed by atoms with van der Waals surface area (Å²) in [6, 6.07) is 23.1. The van der Waals surface area contributed by atoms with Gasteiger partial charge in [0.2, 0.25) is 0 Å². The van der Waals surface area contributed by atoms with Crippen molar-refractivity contribution in [3.63, 3.8) is 0 Å². The van der Waals surface area contributed by atoms with Crippen molar-refractivity contribution in [2.45, 2.75) is 0 Å². The normalized spacial score (nSPS) is 13.7. The van der Waals surface area contributed by atoms with Gasteiger partial charge in [0.25, 0.3) is 17.7 Å². The molecule has 4 aromatic carbocycles. The zero-order valence-corrected chi connectivity index (χ0v) is 20.0. The van der Waals surface area contributed by atoms with E-state index >= 15 is 0 Å². The van der Waals surface area contributed by atoms with Crippen molar-refractivity contribution in [1.82, 2.24) is 0 Å². The average molecular weight is 516 g/mol. The third-order valence-electron chi connectivity index (χ3n) is 6.48. The highest BCUT2D eigenvalue weighted by molar-refractivity contribution is 6.34. The Kier molecular flexibility index (Phi) is 5.46. The second-order valence-electron chi connectivity index (χ2n) is 8.84. The molecule has 0 spiro atoms. The summed E-state index contributed by atoms with van der Waals surface area (Å²) < 4.78 is 4.56. The summed E-state index contributed by atoms with van der Waals surface area (Å²) >= 11 is 0. The Labute approximate surface area is 220 Å². The second kappa shape index (κ2) is 9.00. The molecule has 0 saturated carbocycles. The Morgan fingerprint density at radius 2 is 1.18 bits per heavy atom. The Hall–Kier alpha value is -5.70. The van der Waals surface area contributed by atoms with Crippen LogP contribution in [0.25, 0.3) is 0 Å². The van der Waals surface area contributed by atoms with Crippen LogP contribution in [0.3, 0.4) is 0 Å². The largest absolute Gasteiger partial charge is 0.386 e. The van der Waals surface area contributed by atoms with Crippen molar-refractivity contribution in [2.75, 3.05) is 10.2 Å². The van der Waals surface area contributed by atoms with Crippen molar-refractivity contribution in [3.8, 4) is 0 Å². The first kappa shape index (κ1) is 23.7. The maximum Gasteiger partial charge on any atom is 0.346 e. The van der Waals surface area contributed by atoms with Crippen LogP contribution in [0.2, 0.25) is 0 Å². The number of carbonyl (C=O) groups is 6. The Morgan fingerprint density at radius 1 is 0.590 bits per heavy atom. The number of cyclic esters (lactones) is 2. The summed E-state index contributed by atoms with van der Waals surface area (Å²) in [6.45, 7) is 0. The highest BCUT2D eigenvalue weighted by Gasteiger charge is 2.37. The summed E-state index contributed by atoms with van der Waals surface area (Å²) in [5.41, 5.74) is 2.03. The number of para-hydroxylation sites is 1. The van der Waals surface area contributed by atoms with Crippen LogP contribution in [0, 0.1) is 0 Å². The molecule has 9 heteroatoms. The molecule has 2 aliphatic heterocycles. The lowest BCUT2D eigenvalue weighted by Crippen LogP contribution is -2.29. The van der Waals surface area contributed by atoms with Gasteiger partial charge < -0.3 is 10.1 Å². The Balaban J connectivity index is 1.18. The van der Waals surface area contributed by atoms with Gasteiger partial charge in [-0.2, -0.15) is 0 Å². The van der Waals surface area contributed by atoms with E-state index in [-0.39, 0.29) is 39.2 Å². The van der Waals surface area contributed by atoms with Crippen LogP contribution in [0.5, 0.6) is 0 Å². The van der Waals surface area contributed by atoms with Gasteiger partial charge in [0, 0.05) is 22.4 Å². The lowest BCUT2D eigenvalue weighted by Gasteiger charge is -2.13. The lowest BCUT2D eigenvalue weighted by atomic mass is 9.99. The van der Waals surface area contributed by atoms with Gasteiger partial charge in [-0.25, -0.2) is 14.5 Å². The number of imide groups is 1. The van der Waals surface area contributed by atoms with E-state index in [0.717, 1.165) is 4.90 Å². The summed E-state index contributed by atoms with van der Waals surface area (Å²) in [5, 5.41) is 2.71. The number of amides is 3. The van der Waals surface area contributed by atoms with Crippen LogP contribution in [0.4, 0.5) is 11.4 Å². The molecule has 0 atom stereocenters. The molecular weight excluding hydrogens is 500 g/mol. The fourth-order valence-electron chi connectivity index (χ4n) is 4.50. The van der Waals surface area contributed by atoms with Gasteiger partial charge in [-0.15, -0.1) is 0 Å². The number of esters is 2. The summed E-state index contributed by atoms with van der Waals surface area (Å²) in [5.74, 6) is -3.40. The predicted molar refractivity (Wildman–Crippen MR) is 138 cm³/mol. The van der Waals surface area contributed by atoms with Gasteiger partial charge >= 0.3 is 11.9 Å². The van der Waals surface area contributed by atoms with E-state index in [0.29, 0.717) is 16.9 Å². The highest BCUT2D eigenvalue weighted by atomic mass is 16.6. The number of fused-ring (bicyclic) bond motifs is 2. The number of hydrogen-bond donors (Lipinski definition) is 1. The molecule has 2 aliphatic rings.